The van der Waals surface area contributed by atoms with Crippen LogP contribution < -0.4 is 11.1 Å². The van der Waals surface area contributed by atoms with Gasteiger partial charge in [-0.3, -0.25) is 14.4 Å². The molecule has 0 aromatic heterocycles. The van der Waals surface area contributed by atoms with E-state index in [4.69, 9.17) is 5.73 Å². The van der Waals surface area contributed by atoms with E-state index < -0.39 is 52.0 Å². The standard InChI is InChI=1S/C23H26N2O7/c1-9(2)25-8-10-3-4-14(26)17-13(10)6-11-5-12-7-15(27)18(22(24)31)21(30)23(12,32)20(29)16(11)19(17)28/h3-4,9,11-12,25-26,28,30,32H,5-8H2,1-2H3,(H2,24,31)/t11?,12-,23-/m0/s1. The Morgan fingerprint density at radius 3 is 2.53 bits per heavy atom. The molecular weight excluding hydrogens is 416 g/mol. The van der Waals surface area contributed by atoms with Crippen LogP contribution >= 0.6 is 0 Å². The van der Waals surface area contributed by atoms with Gasteiger partial charge in [0, 0.05) is 30.5 Å². The molecule has 1 saturated carbocycles. The molecule has 4 rings (SSSR count). The number of Topliss-reactive ketones (excluding diaryl/α,β-unsaturated/α-hetero) is 2. The van der Waals surface area contributed by atoms with Gasteiger partial charge in [-0.15, -0.1) is 0 Å². The number of phenolic OH excluding ortho intramolecular Hbond substituents is 1. The van der Waals surface area contributed by atoms with Crippen molar-refractivity contribution in [1.29, 1.82) is 0 Å². The van der Waals surface area contributed by atoms with Crippen molar-refractivity contribution in [2.75, 3.05) is 0 Å². The summed E-state index contributed by atoms with van der Waals surface area (Å²) in [6, 6.07) is 3.39. The summed E-state index contributed by atoms with van der Waals surface area (Å²) in [5.41, 5.74) is 3.36. The highest BCUT2D eigenvalue weighted by Crippen LogP contribution is 2.52. The number of primary amides is 1. The van der Waals surface area contributed by atoms with E-state index in [1.54, 1.807) is 6.07 Å². The number of aliphatic hydroxyl groups excluding tert-OH is 2. The lowest BCUT2D eigenvalue weighted by molar-refractivity contribution is -0.147. The number of phenols is 1. The minimum absolute atomic E-state index is 0.111. The molecule has 3 aliphatic rings. The maximum atomic E-state index is 13.4. The Bertz CT molecular complexity index is 1120. The number of aliphatic hydroxyl groups is 3. The van der Waals surface area contributed by atoms with Gasteiger partial charge >= 0.3 is 0 Å². The van der Waals surface area contributed by atoms with E-state index in [-0.39, 0.29) is 35.8 Å². The second kappa shape index (κ2) is 7.46. The lowest BCUT2D eigenvalue weighted by Crippen LogP contribution is -2.58. The fraction of sp³-hybridized carbons (Fsp3) is 0.435. The molecule has 0 aliphatic heterocycles. The molecule has 7 N–H and O–H groups in total. The van der Waals surface area contributed by atoms with Crippen molar-refractivity contribution in [3.63, 3.8) is 0 Å². The van der Waals surface area contributed by atoms with Crippen molar-refractivity contribution in [3.05, 3.63) is 45.7 Å². The number of nitrogens with one attached hydrogen (secondary N) is 1. The number of nitrogens with two attached hydrogens (primary N) is 1. The lowest BCUT2D eigenvalue weighted by atomic mass is 9.59. The van der Waals surface area contributed by atoms with Crippen molar-refractivity contribution in [3.8, 4) is 5.75 Å². The summed E-state index contributed by atoms with van der Waals surface area (Å²) in [4.78, 5) is 37.5. The maximum Gasteiger partial charge on any atom is 0.255 e. The van der Waals surface area contributed by atoms with Gasteiger partial charge in [-0.2, -0.15) is 0 Å². The molecule has 0 spiro atoms. The summed E-state index contributed by atoms with van der Waals surface area (Å²) in [6.07, 6.45) is 0.0945. The van der Waals surface area contributed by atoms with Crippen LogP contribution in [0.25, 0.3) is 5.76 Å². The Morgan fingerprint density at radius 2 is 1.91 bits per heavy atom. The van der Waals surface area contributed by atoms with Crippen LogP contribution in [-0.2, 0) is 27.3 Å². The molecule has 1 fully saturated rings. The highest BCUT2D eigenvalue weighted by atomic mass is 16.3. The quantitative estimate of drug-likeness (QED) is 0.374. The highest BCUT2D eigenvalue weighted by Gasteiger charge is 2.60. The zero-order chi connectivity index (χ0) is 23.5. The van der Waals surface area contributed by atoms with E-state index in [1.165, 1.54) is 6.07 Å². The third-order valence-corrected chi connectivity index (χ3v) is 6.74. The molecule has 9 nitrogen and oxygen atoms in total. The van der Waals surface area contributed by atoms with Gasteiger partial charge in [0.25, 0.3) is 5.91 Å². The number of rotatable bonds is 4. The summed E-state index contributed by atoms with van der Waals surface area (Å²) < 4.78 is 0. The van der Waals surface area contributed by atoms with Gasteiger partial charge < -0.3 is 31.5 Å². The summed E-state index contributed by atoms with van der Waals surface area (Å²) in [6.45, 7) is 4.47. The third-order valence-electron chi connectivity index (χ3n) is 6.74. The van der Waals surface area contributed by atoms with E-state index >= 15 is 0 Å². The van der Waals surface area contributed by atoms with Crippen molar-refractivity contribution in [1.82, 2.24) is 5.32 Å². The van der Waals surface area contributed by atoms with E-state index in [9.17, 15) is 34.8 Å². The summed E-state index contributed by atoms with van der Waals surface area (Å²) in [5.74, 6) is -6.21. The number of fused-ring (bicyclic) bond motifs is 3. The third kappa shape index (κ3) is 3.03. The monoisotopic (exact) mass is 442 g/mol. The van der Waals surface area contributed by atoms with Crippen LogP contribution in [0.4, 0.5) is 0 Å². The van der Waals surface area contributed by atoms with E-state index in [2.05, 4.69) is 5.32 Å². The highest BCUT2D eigenvalue weighted by molar-refractivity contribution is 6.22. The SMILES string of the molecule is CC(C)NCc1ccc(O)c2c1CC1C[C@H]3CC(=O)C(C(N)=O)=C(O)[C@@]3(O)C(=O)C1=C2O. The normalized spacial score (nSPS) is 27.4. The number of hydrogen-bond acceptors (Lipinski definition) is 8. The first kappa shape index (κ1) is 22.0. The molecular formula is C23H26N2O7. The second-order valence-corrected chi connectivity index (χ2v) is 9.04. The molecule has 0 bridgehead atoms. The fourth-order valence-corrected chi connectivity index (χ4v) is 5.17. The lowest BCUT2D eigenvalue weighted by Gasteiger charge is -2.46. The summed E-state index contributed by atoms with van der Waals surface area (Å²) >= 11 is 0. The molecule has 170 valence electrons. The van der Waals surface area contributed by atoms with Crippen LogP contribution in [0.15, 0.2) is 29.0 Å². The predicted molar refractivity (Wildman–Crippen MR) is 113 cm³/mol. The van der Waals surface area contributed by atoms with Gasteiger partial charge in [0.1, 0.15) is 22.8 Å². The Labute approximate surface area is 184 Å². The Kier molecular flexibility index (Phi) is 5.14. The Balaban J connectivity index is 1.87. The van der Waals surface area contributed by atoms with Gasteiger partial charge in [-0.1, -0.05) is 19.9 Å². The van der Waals surface area contributed by atoms with Crippen LogP contribution in [0.1, 0.15) is 43.4 Å². The first-order chi connectivity index (χ1) is 15.0. The molecule has 3 atom stereocenters. The number of benzene rings is 1. The first-order valence-corrected chi connectivity index (χ1v) is 10.5. The number of hydrogen-bond donors (Lipinski definition) is 6. The van der Waals surface area contributed by atoms with Crippen LogP contribution in [0, 0.1) is 11.8 Å². The topological polar surface area (TPSA) is 170 Å². The van der Waals surface area contributed by atoms with Gasteiger partial charge in [0.2, 0.25) is 5.78 Å². The summed E-state index contributed by atoms with van der Waals surface area (Å²) in [7, 11) is 0. The number of aromatic hydroxyl groups is 1. The molecule has 3 aliphatic carbocycles. The number of carbonyl (C=O) groups excluding carboxylic acids is 3. The molecule has 9 heteroatoms. The molecule has 32 heavy (non-hydrogen) atoms. The molecule has 0 radical (unpaired) electrons. The minimum Gasteiger partial charge on any atom is -0.508 e. The molecule has 1 aromatic carbocycles. The van der Waals surface area contributed by atoms with Gasteiger partial charge in [0.15, 0.2) is 11.4 Å². The second-order valence-electron chi connectivity index (χ2n) is 9.04. The zero-order valence-electron chi connectivity index (χ0n) is 17.8. The fourth-order valence-electron chi connectivity index (χ4n) is 5.17. The Morgan fingerprint density at radius 1 is 1.22 bits per heavy atom. The van der Waals surface area contributed by atoms with Gasteiger partial charge in [-0.25, -0.2) is 0 Å². The van der Waals surface area contributed by atoms with Crippen molar-refractivity contribution in [2.45, 2.75) is 51.3 Å². The predicted octanol–water partition coefficient (Wildman–Crippen LogP) is 0.922. The first-order valence-electron chi connectivity index (χ1n) is 10.5. The molecule has 1 aromatic rings. The average molecular weight is 442 g/mol. The minimum atomic E-state index is -2.54. The largest absolute Gasteiger partial charge is 0.508 e. The molecule has 1 unspecified atom stereocenters. The number of carbonyl (C=O) groups is 3. The van der Waals surface area contributed by atoms with E-state index in [0.29, 0.717) is 18.5 Å². The average Bonchev–Trinajstić information content (AvgIpc) is 2.69. The van der Waals surface area contributed by atoms with Crippen molar-refractivity contribution < 1.29 is 34.8 Å². The van der Waals surface area contributed by atoms with Crippen LogP contribution in [-0.4, -0.2) is 49.5 Å². The molecule has 1 amide bonds. The van der Waals surface area contributed by atoms with Crippen molar-refractivity contribution in [2.24, 2.45) is 17.6 Å². The maximum absolute atomic E-state index is 13.4. The number of amides is 1. The summed E-state index contributed by atoms with van der Waals surface area (Å²) in [5, 5.41) is 46.5. The van der Waals surface area contributed by atoms with E-state index in [0.717, 1.165) is 5.56 Å². The Hall–Kier alpha value is -3.17. The number of ketones is 2. The van der Waals surface area contributed by atoms with Gasteiger partial charge in [-0.05, 0) is 36.0 Å². The van der Waals surface area contributed by atoms with Crippen molar-refractivity contribution >= 4 is 23.2 Å². The molecule has 0 heterocycles. The van der Waals surface area contributed by atoms with E-state index in [1.807, 2.05) is 13.8 Å². The smallest absolute Gasteiger partial charge is 0.255 e. The van der Waals surface area contributed by atoms with Crippen LogP contribution in [0.5, 0.6) is 5.75 Å². The zero-order valence-corrected chi connectivity index (χ0v) is 17.8. The molecule has 0 saturated heterocycles. The van der Waals surface area contributed by atoms with Crippen LogP contribution in [0.2, 0.25) is 0 Å². The van der Waals surface area contributed by atoms with Crippen LogP contribution in [0.3, 0.4) is 0 Å². The van der Waals surface area contributed by atoms with Gasteiger partial charge in [0.05, 0.1) is 5.56 Å².